The lowest BCUT2D eigenvalue weighted by atomic mass is 10.1. The molecule has 1 aliphatic heterocycles. The van der Waals surface area contributed by atoms with Gasteiger partial charge in [0.1, 0.15) is 17.6 Å². The summed E-state index contributed by atoms with van der Waals surface area (Å²) in [7, 11) is 2.79. The molecule has 1 aliphatic rings. The third kappa shape index (κ3) is 4.39. The van der Waals surface area contributed by atoms with Crippen molar-refractivity contribution in [3.8, 4) is 11.5 Å². The van der Waals surface area contributed by atoms with Gasteiger partial charge in [0.2, 0.25) is 5.91 Å². The van der Waals surface area contributed by atoms with E-state index >= 15 is 0 Å². The highest BCUT2D eigenvalue weighted by molar-refractivity contribution is 6.44. The molecule has 0 spiro atoms. The molecular formula is C20H20FN5O5. The van der Waals surface area contributed by atoms with Crippen molar-refractivity contribution in [2.75, 3.05) is 24.5 Å². The van der Waals surface area contributed by atoms with Gasteiger partial charge >= 0.3 is 0 Å². The van der Waals surface area contributed by atoms with E-state index in [4.69, 9.17) is 20.9 Å². The van der Waals surface area contributed by atoms with Crippen molar-refractivity contribution in [2.45, 2.75) is 12.5 Å². The van der Waals surface area contributed by atoms with Crippen molar-refractivity contribution in [3.05, 3.63) is 47.8 Å². The number of hydrazone groups is 1. The van der Waals surface area contributed by atoms with Crippen LogP contribution in [-0.4, -0.2) is 43.7 Å². The van der Waals surface area contributed by atoms with Gasteiger partial charge in [0.15, 0.2) is 11.5 Å². The first-order valence-electron chi connectivity index (χ1n) is 9.04. The number of amides is 3. The van der Waals surface area contributed by atoms with Crippen molar-refractivity contribution in [1.29, 1.82) is 0 Å². The SMILES string of the molecule is COc1cc(NC(=O)C2=NN(c3ccc(F)cc3)C(C(N)=O)C2)c(C(N)=O)cc1OC. The number of carbonyl (C=O) groups is 3. The van der Waals surface area contributed by atoms with Crippen molar-refractivity contribution >= 4 is 34.8 Å². The van der Waals surface area contributed by atoms with Crippen LogP contribution in [0.25, 0.3) is 0 Å². The van der Waals surface area contributed by atoms with Gasteiger partial charge in [0, 0.05) is 12.5 Å². The fourth-order valence-electron chi connectivity index (χ4n) is 3.08. The zero-order chi connectivity index (χ0) is 22.7. The van der Waals surface area contributed by atoms with Crippen LogP contribution in [0.1, 0.15) is 16.8 Å². The van der Waals surface area contributed by atoms with E-state index in [9.17, 15) is 18.8 Å². The van der Waals surface area contributed by atoms with Crippen LogP contribution < -0.4 is 31.3 Å². The van der Waals surface area contributed by atoms with Gasteiger partial charge in [0.25, 0.3) is 11.8 Å². The van der Waals surface area contributed by atoms with Crippen molar-refractivity contribution in [3.63, 3.8) is 0 Å². The fourth-order valence-corrected chi connectivity index (χ4v) is 3.08. The second-order valence-corrected chi connectivity index (χ2v) is 6.56. The Morgan fingerprint density at radius 1 is 1.10 bits per heavy atom. The smallest absolute Gasteiger partial charge is 0.271 e. The monoisotopic (exact) mass is 429 g/mol. The molecule has 2 aromatic carbocycles. The van der Waals surface area contributed by atoms with E-state index < -0.39 is 29.6 Å². The van der Waals surface area contributed by atoms with Crippen LogP contribution in [0.3, 0.4) is 0 Å². The first kappa shape index (κ1) is 21.6. The zero-order valence-electron chi connectivity index (χ0n) is 16.7. The number of primary amides is 2. The maximum absolute atomic E-state index is 13.2. The number of rotatable bonds is 7. The third-order valence-electron chi connectivity index (χ3n) is 4.63. The molecular weight excluding hydrogens is 409 g/mol. The second kappa shape index (κ2) is 8.69. The minimum Gasteiger partial charge on any atom is -0.493 e. The summed E-state index contributed by atoms with van der Waals surface area (Å²) in [6.07, 6.45) is -0.0856. The Hall–Kier alpha value is -4.15. The number of anilines is 2. The standard InChI is InChI=1S/C20H20FN5O5/c1-30-16-7-12(18(22)27)13(9-17(16)31-2)24-20(29)14-8-15(19(23)28)26(25-14)11-5-3-10(21)4-6-11/h3-7,9,15H,8H2,1-2H3,(H2,22,27)(H2,23,28)(H,24,29). The maximum atomic E-state index is 13.2. The predicted octanol–water partition coefficient (Wildman–Crippen LogP) is 1.00. The van der Waals surface area contributed by atoms with Gasteiger partial charge in [0.05, 0.1) is 31.2 Å². The lowest BCUT2D eigenvalue weighted by molar-refractivity contribution is -0.119. The highest BCUT2D eigenvalue weighted by Crippen LogP contribution is 2.33. The van der Waals surface area contributed by atoms with Gasteiger partial charge < -0.3 is 26.3 Å². The van der Waals surface area contributed by atoms with E-state index in [1.54, 1.807) is 0 Å². The average Bonchev–Trinajstić information content (AvgIpc) is 3.19. The number of nitrogens with two attached hydrogens (primary N) is 2. The van der Waals surface area contributed by atoms with Crippen LogP contribution in [0.2, 0.25) is 0 Å². The van der Waals surface area contributed by atoms with Crippen LogP contribution in [0.5, 0.6) is 11.5 Å². The molecule has 1 unspecified atom stereocenters. The van der Waals surface area contributed by atoms with Crippen molar-refractivity contribution in [1.82, 2.24) is 0 Å². The Morgan fingerprint density at radius 3 is 2.26 bits per heavy atom. The zero-order valence-corrected chi connectivity index (χ0v) is 16.7. The maximum Gasteiger partial charge on any atom is 0.271 e. The first-order valence-corrected chi connectivity index (χ1v) is 9.04. The van der Waals surface area contributed by atoms with Crippen LogP contribution in [0, 0.1) is 5.82 Å². The molecule has 0 aliphatic carbocycles. The highest BCUT2D eigenvalue weighted by Gasteiger charge is 2.35. The topological polar surface area (TPSA) is 149 Å². The Morgan fingerprint density at radius 2 is 1.71 bits per heavy atom. The molecule has 1 heterocycles. The molecule has 0 fully saturated rings. The van der Waals surface area contributed by atoms with Crippen molar-refractivity contribution < 1.29 is 28.2 Å². The summed E-state index contributed by atoms with van der Waals surface area (Å²) in [5.41, 5.74) is 11.3. The van der Waals surface area contributed by atoms with E-state index in [1.807, 2.05) is 0 Å². The Labute approximate surface area is 176 Å². The molecule has 0 aromatic heterocycles. The number of halogens is 1. The molecule has 3 amide bonds. The minimum atomic E-state index is -0.938. The number of nitrogens with one attached hydrogen (secondary N) is 1. The summed E-state index contributed by atoms with van der Waals surface area (Å²) in [5.74, 6) is -2.13. The molecule has 2 aromatic rings. The third-order valence-corrected chi connectivity index (χ3v) is 4.63. The summed E-state index contributed by atoms with van der Waals surface area (Å²) < 4.78 is 23.6. The number of hydrogen-bond donors (Lipinski definition) is 3. The summed E-state index contributed by atoms with van der Waals surface area (Å²) in [5, 5.41) is 7.99. The second-order valence-electron chi connectivity index (χ2n) is 6.56. The molecule has 1 atom stereocenters. The normalized spacial score (nSPS) is 15.3. The predicted molar refractivity (Wildman–Crippen MR) is 111 cm³/mol. The van der Waals surface area contributed by atoms with Gasteiger partial charge in [-0.3, -0.25) is 19.4 Å². The fraction of sp³-hybridized carbons (Fsp3) is 0.200. The largest absolute Gasteiger partial charge is 0.493 e. The molecule has 3 rings (SSSR count). The average molecular weight is 429 g/mol. The molecule has 0 radical (unpaired) electrons. The summed E-state index contributed by atoms with van der Waals surface area (Å²) >= 11 is 0. The van der Waals surface area contributed by atoms with E-state index in [2.05, 4.69) is 10.4 Å². The van der Waals surface area contributed by atoms with Gasteiger partial charge in [-0.2, -0.15) is 5.10 Å². The number of nitrogens with zero attached hydrogens (tertiary/aromatic N) is 2. The Bertz CT molecular complexity index is 1070. The quantitative estimate of drug-likeness (QED) is 0.598. The lowest BCUT2D eigenvalue weighted by Gasteiger charge is -2.20. The lowest BCUT2D eigenvalue weighted by Crippen LogP contribution is -2.39. The van der Waals surface area contributed by atoms with Crippen molar-refractivity contribution in [2.24, 2.45) is 16.6 Å². The van der Waals surface area contributed by atoms with Crippen LogP contribution >= 0.6 is 0 Å². The molecule has 31 heavy (non-hydrogen) atoms. The number of methoxy groups -OCH3 is 2. The summed E-state index contributed by atoms with van der Waals surface area (Å²) in [6.45, 7) is 0. The Kier molecular flexibility index (Phi) is 6.05. The number of benzene rings is 2. The van der Waals surface area contributed by atoms with Crippen LogP contribution in [0.15, 0.2) is 41.5 Å². The van der Waals surface area contributed by atoms with Crippen LogP contribution in [-0.2, 0) is 9.59 Å². The van der Waals surface area contributed by atoms with Gasteiger partial charge in [-0.25, -0.2) is 4.39 Å². The number of carbonyl (C=O) groups excluding carboxylic acids is 3. The van der Waals surface area contributed by atoms with E-state index in [0.717, 1.165) is 0 Å². The number of hydrogen-bond acceptors (Lipinski definition) is 7. The molecule has 0 saturated carbocycles. The summed E-state index contributed by atoms with van der Waals surface area (Å²) in [6, 6.07) is 7.00. The molecule has 0 bridgehead atoms. The summed E-state index contributed by atoms with van der Waals surface area (Å²) in [4.78, 5) is 36.6. The van der Waals surface area contributed by atoms with E-state index in [1.165, 1.54) is 55.6 Å². The number of ether oxygens (including phenoxy) is 2. The molecule has 162 valence electrons. The molecule has 0 saturated heterocycles. The molecule has 5 N–H and O–H groups in total. The van der Waals surface area contributed by atoms with Gasteiger partial charge in [-0.05, 0) is 30.3 Å². The van der Waals surface area contributed by atoms with E-state index in [-0.39, 0.29) is 34.9 Å². The van der Waals surface area contributed by atoms with Crippen LogP contribution in [0.4, 0.5) is 15.8 Å². The first-order chi connectivity index (χ1) is 14.7. The Balaban J connectivity index is 1.92. The van der Waals surface area contributed by atoms with Gasteiger partial charge in [-0.15, -0.1) is 0 Å². The minimum absolute atomic E-state index is 0.00793. The van der Waals surface area contributed by atoms with E-state index in [0.29, 0.717) is 5.69 Å². The highest BCUT2D eigenvalue weighted by atomic mass is 19.1. The molecule has 11 heteroatoms. The van der Waals surface area contributed by atoms with Gasteiger partial charge in [-0.1, -0.05) is 0 Å². The molecule has 10 nitrogen and oxygen atoms in total.